The number of nitrogens with zero attached hydrogens (tertiary/aromatic N) is 2. The van der Waals surface area contributed by atoms with Gasteiger partial charge in [-0.05, 0) is 31.3 Å². The largest absolute Gasteiger partial charge is 0.870 e. The molecule has 2 aliphatic heterocycles. The molecule has 0 unspecified atom stereocenters. The number of rotatable bonds is 4. The summed E-state index contributed by atoms with van der Waals surface area (Å²) < 4.78 is 11.7. The molecule has 0 bridgehead atoms. The number of hydrogen-bond acceptors (Lipinski definition) is 9. The second-order valence-corrected chi connectivity index (χ2v) is 8.48. The van der Waals surface area contributed by atoms with Gasteiger partial charge in [0.15, 0.2) is 0 Å². The molecule has 3 aliphatic rings. The van der Waals surface area contributed by atoms with Gasteiger partial charge in [-0.3, -0.25) is 4.99 Å². The summed E-state index contributed by atoms with van der Waals surface area (Å²) >= 11 is 0. The molecule has 0 fully saturated rings. The molecule has 34 heavy (non-hydrogen) atoms. The molecule has 0 saturated heterocycles. The summed E-state index contributed by atoms with van der Waals surface area (Å²) in [5, 5.41) is 17.8. The van der Waals surface area contributed by atoms with Gasteiger partial charge in [0.1, 0.15) is 12.5 Å². The quantitative estimate of drug-likeness (QED) is 0.282. The van der Waals surface area contributed by atoms with Crippen LogP contribution in [0.5, 0.6) is 0 Å². The van der Waals surface area contributed by atoms with Crippen LogP contribution in [-0.4, -0.2) is 54.5 Å². The predicted molar refractivity (Wildman–Crippen MR) is 121 cm³/mol. The number of hydrogen-bond donors (Lipinski definition) is 0. The molecule has 1 radical (unpaired) electrons. The van der Waals surface area contributed by atoms with Gasteiger partial charge in [0.25, 0.3) is 0 Å². The maximum atomic E-state index is 8.89. The molecule has 1 N–H and O–H groups in total. The third-order valence-corrected chi connectivity index (χ3v) is 4.79. The van der Waals surface area contributed by atoms with Crippen molar-refractivity contribution in [3.63, 3.8) is 0 Å². The monoisotopic (exact) mass is 565 g/mol. The van der Waals surface area contributed by atoms with Crippen molar-refractivity contribution >= 4 is 23.7 Å². The standard InChI is InChI=1S/C20H27N2O2.2C2H4O2.H2O.Rh/c1-11(2)17-9-23-19(21-17)15-8-16(14(6)7-13(15)5)20-22-18(10-24-20)12(3)4;2*1-2(3)4;;/h7,11-12,17-18H,9-10H2,1-6H3;2*1H3,(H,3,4);1H2;/q-1;;;;/p-3/t17-,18-;;;;/m1..../s1. The minimum atomic E-state index is -1.08. The summed E-state index contributed by atoms with van der Waals surface area (Å²) in [7, 11) is 0. The van der Waals surface area contributed by atoms with Crippen molar-refractivity contribution in [2.24, 2.45) is 21.8 Å². The van der Waals surface area contributed by atoms with Crippen LogP contribution < -0.4 is 10.2 Å². The van der Waals surface area contributed by atoms with Gasteiger partial charge in [-0.15, -0.1) is 17.6 Å². The molecular weight excluding hydrogens is 531 g/mol. The topological polar surface area (TPSA) is 153 Å². The Morgan fingerprint density at radius 1 is 1.00 bits per heavy atom. The molecule has 1 aliphatic carbocycles. The molecule has 0 saturated carbocycles. The third-order valence-electron chi connectivity index (χ3n) is 4.79. The Kier molecular flexibility index (Phi) is 15.4. The molecule has 0 amide bonds. The van der Waals surface area contributed by atoms with Gasteiger partial charge in [0, 0.05) is 31.4 Å². The van der Waals surface area contributed by atoms with Crippen LogP contribution in [0.4, 0.5) is 0 Å². The summed E-state index contributed by atoms with van der Waals surface area (Å²) in [6.45, 7) is 16.1. The van der Waals surface area contributed by atoms with Crippen LogP contribution >= 0.6 is 0 Å². The van der Waals surface area contributed by atoms with E-state index in [9.17, 15) is 0 Å². The Bertz CT molecular complexity index is 849. The van der Waals surface area contributed by atoms with E-state index in [1.54, 1.807) is 0 Å². The molecule has 9 nitrogen and oxygen atoms in total. The first kappa shape index (κ1) is 33.8. The number of aliphatic imine (C=N–C) groups is 2. The number of carbonyl (C=O) groups excluding carboxylic acids is 2. The fourth-order valence-corrected chi connectivity index (χ4v) is 2.97. The number of aliphatic carboxylic acids is 2. The van der Waals surface area contributed by atoms with Crippen molar-refractivity contribution in [2.75, 3.05) is 13.2 Å². The number of carboxylic acid groups (broad SMARTS) is 2. The number of ether oxygens (including phenoxy) is 2. The summed E-state index contributed by atoms with van der Waals surface area (Å²) in [5.74, 6) is 1.31. The Morgan fingerprint density at radius 3 is 1.76 bits per heavy atom. The van der Waals surface area contributed by atoms with Crippen molar-refractivity contribution < 1.29 is 54.2 Å². The summed E-state index contributed by atoms with van der Waals surface area (Å²) in [4.78, 5) is 27.3. The summed E-state index contributed by atoms with van der Waals surface area (Å²) in [5.41, 5.74) is 6.45. The van der Waals surface area contributed by atoms with Crippen LogP contribution in [0.15, 0.2) is 38.5 Å². The first-order valence-corrected chi connectivity index (χ1v) is 10.6. The van der Waals surface area contributed by atoms with Crippen molar-refractivity contribution in [3.05, 3.63) is 34.4 Å². The molecule has 10 heteroatoms. The van der Waals surface area contributed by atoms with E-state index < -0.39 is 11.9 Å². The van der Waals surface area contributed by atoms with E-state index >= 15 is 0 Å². The minimum absolute atomic E-state index is 0. The van der Waals surface area contributed by atoms with E-state index in [4.69, 9.17) is 39.3 Å². The fraction of sp³-hybridized carbons (Fsp3) is 0.583. The van der Waals surface area contributed by atoms with Crippen molar-refractivity contribution in [1.29, 1.82) is 0 Å². The molecule has 3 rings (SSSR count). The fourth-order valence-electron chi connectivity index (χ4n) is 2.97. The number of carbonyl (C=O) groups is 2. The van der Waals surface area contributed by atoms with Gasteiger partial charge in [-0.25, -0.2) is 10.7 Å². The van der Waals surface area contributed by atoms with Gasteiger partial charge in [0.05, 0.1) is 18.7 Å². The molecule has 2 atom stereocenters. The molecule has 0 spiro atoms. The van der Waals surface area contributed by atoms with Crippen LogP contribution in [0.25, 0.3) is 0 Å². The summed E-state index contributed by atoms with van der Waals surface area (Å²) in [6, 6.07) is 0.450. The average molecular weight is 565 g/mol. The van der Waals surface area contributed by atoms with Crippen molar-refractivity contribution in [1.82, 2.24) is 0 Å². The first-order chi connectivity index (χ1) is 14.8. The minimum Gasteiger partial charge on any atom is -0.870 e. The normalized spacial score (nSPS) is 20.3. The predicted octanol–water partition coefficient (Wildman–Crippen LogP) is 1.23. The molecule has 0 aromatic carbocycles. The number of allylic oxidation sites excluding steroid dienone is 1. The van der Waals surface area contributed by atoms with E-state index in [2.05, 4.69) is 53.3 Å². The zero-order valence-electron chi connectivity index (χ0n) is 20.9. The van der Waals surface area contributed by atoms with Crippen molar-refractivity contribution in [2.45, 2.75) is 67.5 Å². The Balaban J connectivity index is 0. The second kappa shape index (κ2) is 15.5. The Hall–Kier alpha value is -2.41. The van der Waals surface area contributed by atoms with Crippen molar-refractivity contribution in [3.8, 4) is 0 Å². The maximum Gasteiger partial charge on any atom is 0.204 e. The third kappa shape index (κ3) is 10.7. The molecule has 2 heterocycles. The van der Waals surface area contributed by atoms with Crippen LogP contribution in [0.3, 0.4) is 0 Å². The zero-order valence-corrected chi connectivity index (χ0v) is 22.6. The summed E-state index contributed by atoms with van der Waals surface area (Å²) in [6.07, 6.45) is 2.14. The van der Waals surface area contributed by atoms with Gasteiger partial charge >= 0.3 is 0 Å². The molecule has 0 aromatic rings. The van der Waals surface area contributed by atoms with Gasteiger partial charge in [-0.2, -0.15) is 0 Å². The second-order valence-electron chi connectivity index (χ2n) is 8.48. The van der Waals surface area contributed by atoms with Gasteiger partial charge in [0.2, 0.25) is 5.90 Å². The SMILES string of the molecule is CC(=O)[O-].CC(=O)[O-].CC1=C[C-](C)C(C2=N[C@@H](C(C)C)CO2)=C=C1C1=N[C@@H](C(C)C)CO1.[OH-].[Rh]. The van der Waals surface area contributed by atoms with Crippen LogP contribution in [0.2, 0.25) is 0 Å². The van der Waals surface area contributed by atoms with E-state index in [-0.39, 0.29) is 37.0 Å². The Labute approximate surface area is 214 Å². The van der Waals surface area contributed by atoms with Crippen LogP contribution in [0.1, 0.15) is 55.4 Å². The Morgan fingerprint density at radius 2 is 1.38 bits per heavy atom. The van der Waals surface area contributed by atoms with E-state index in [1.807, 2.05) is 0 Å². The van der Waals surface area contributed by atoms with E-state index in [0.29, 0.717) is 36.8 Å². The van der Waals surface area contributed by atoms with E-state index in [0.717, 1.165) is 36.5 Å². The molecule has 195 valence electrons. The first-order valence-electron chi connectivity index (χ1n) is 10.6. The van der Waals surface area contributed by atoms with E-state index in [1.165, 1.54) is 0 Å². The average Bonchev–Trinajstić information content (AvgIpc) is 3.31. The van der Waals surface area contributed by atoms with Crippen LogP contribution in [0, 0.1) is 17.8 Å². The maximum absolute atomic E-state index is 8.89. The smallest absolute Gasteiger partial charge is 0.204 e. The number of carboxylic acids is 2. The molecule has 0 aromatic heterocycles. The van der Waals surface area contributed by atoms with Crippen LogP contribution in [-0.2, 0) is 38.5 Å². The van der Waals surface area contributed by atoms with Gasteiger partial charge < -0.3 is 34.8 Å². The molecular formula is C24H34N2O7Rh-4. The van der Waals surface area contributed by atoms with Gasteiger partial charge in [-0.1, -0.05) is 47.1 Å². The zero-order chi connectivity index (χ0) is 24.6.